The Balaban J connectivity index is 1.43. The largest absolute Gasteiger partial charge is 0.444 e. The van der Waals surface area contributed by atoms with Gasteiger partial charge in [-0.1, -0.05) is 30.3 Å². The Hall–Kier alpha value is -3.33. The predicted molar refractivity (Wildman–Crippen MR) is 119 cm³/mol. The van der Waals surface area contributed by atoms with Gasteiger partial charge in [0, 0.05) is 31.2 Å². The average molecular weight is 418 g/mol. The van der Waals surface area contributed by atoms with Crippen LogP contribution >= 0.6 is 0 Å². The number of likely N-dealkylation sites (tertiary alicyclic amines) is 1. The molecule has 0 bridgehead atoms. The van der Waals surface area contributed by atoms with E-state index in [0.717, 1.165) is 35.1 Å². The summed E-state index contributed by atoms with van der Waals surface area (Å²) in [4.78, 5) is 32.4. The number of amides is 2. The van der Waals surface area contributed by atoms with E-state index in [1.807, 2.05) is 62.1 Å². The number of carbonyl (C=O) groups is 2. The van der Waals surface area contributed by atoms with Gasteiger partial charge in [-0.2, -0.15) is 0 Å². The van der Waals surface area contributed by atoms with E-state index in [9.17, 15) is 9.59 Å². The van der Waals surface area contributed by atoms with Crippen LogP contribution < -0.4 is 0 Å². The van der Waals surface area contributed by atoms with Crippen molar-refractivity contribution < 1.29 is 14.3 Å². The lowest BCUT2D eigenvalue weighted by Gasteiger charge is -2.37. The highest BCUT2D eigenvalue weighted by Gasteiger charge is 2.36. The van der Waals surface area contributed by atoms with Gasteiger partial charge >= 0.3 is 6.09 Å². The number of fused-ring (bicyclic) bond motifs is 1. The fourth-order valence-corrected chi connectivity index (χ4v) is 4.23. The fourth-order valence-electron chi connectivity index (χ4n) is 4.23. The summed E-state index contributed by atoms with van der Waals surface area (Å²) >= 11 is 0. The van der Waals surface area contributed by atoms with Crippen molar-refractivity contribution in [3.63, 3.8) is 0 Å². The molecule has 0 spiro atoms. The van der Waals surface area contributed by atoms with Crippen LogP contribution in [0, 0.1) is 6.57 Å². The Labute approximate surface area is 183 Å². The van der Waals surface area contributed by atoms with Crippen LogP contribution in [-0.4, -0.2) is 46.5 Å². The molecule has 0 unspecified atom stereocenters. The Morgan fingerprint density at radius 1 is 1.06 bits per heavy atom. The quantitative estimate of drug-likeness (QED) is 0.627. The zero-order chi connectivity index (χ0) is 22.2. The van der Waals surface area contributed by atoms with E-state index in [1.54, 1.807) is 4.90 Å². The molecular weight excluding hydrogens is 390 g/mol. The standard InChI is InChI=1S/C25H27N3O3/c1-25(2,3)31-24(30)27-13-11-21(12-14-27)28-16-19-15-18(7-10-22(19)23(28)29)17-5-8-20(26-4)9-6-17/h5-10,15,21H,11-14,16H2,1-3H3. The molecule has 0 aliphatic carbocycles. The van der Waals surface area contributed by atoms with Gasteiger partial charge in [-0.05, 0) is 62.4 Å². The van der Waals surface area contributed by atoms with E-state index in [-0.39, 0.29) is 18.0 Å². The summed E-state index contributed by atoms with van der Waals surface area (Å²) < 4.78 is 5.47. The minimum absolute atomic E-state index is 0.0700. The number of ether oxygens (including phenoxy) is 1. The molecule has 160 valence electrons. The molecule has 4 rings (SSSR count). The Kier molecular flexibility index (Phi) is 5.45. The van der Waals surface area contributed by atoms with E-state index >= 15 is 0 Å². The maximum Gasteiger partial charge on any atom is 0.410 e. The number of rotatable bonds is 2. The zero-order valence-corrected chi connectivity index (χ0v) is 18.2. The summed E-state index contributed by atoms with van der Waals surface area (Å²) in [6, 6.07) is 13.6. The van der Waals surface area contributed by atoms with Gasteiger partial charge in [-0.3, -0.25) is 4.79 Å². The lowest BCUT2D eigenvalue weighted by Crippen LogP contribution is -2.48. The van der Waals surface area contributed by atoms with Crippen LogP contribution in [0.3, 0.4) is 0 Å². The number of hydrogen-bond acceptors (Lipinski definition) is 3. The first-order chi connectivity index (χ1) is 14.7. The number of carbonyl (C=O) groups excluding carboxylic acids is 2. The minimum atomic E-state index is -0.505. The molecule has 1 fully saturated rings. The first-order valence-electron chi connectivity index (χ1n) is 10.6. The van der Waals surface area contributed by atoms with Crippen LogP contribution in [-0.2, 0) is 11.3 Å². The van der Waals surface area contributed by atoms with Crippen molar-refractivity contribution in [1.29, 1.82) is 0 Å². The molecule has 2 aliphatic rings. The van der Waals surface area contributed by atoms with Gasteiger partial charge in [0.1, 0.15) is 5.60 Å². The van der Waals surface area contributed by atoms with E-state index in [4.69, 9.17) is 11.3 Å². The summed E-state index contributed by atoms with van der Waals surface area (Å²) in [6.45, 7) is 14.5. The van der Waals surface area contributed by atoms with E-state index < -0.39 is 5.60 Å². The second-order valence-electron chi connectivity index (χ2n) is 9.16. The second-order valence-corrected chi connectivity index (χ2v) is 9.16. The van der Waals surface area contributed by atoms with Crippen molar-refractivity contribution in [1.82, 2.24) is 9.80 Å². The smallest absolute Gasteiger partial charge is 0.410 e. The highest BCUT2D eigenvalue weighted by molar-refractivity contribution is 5.99. The Bertz CT molecular complexity index is 1040. The predicted octanol–water partition coefficient (Wildman–Crippen LogP) is 5.26. The number of piperidine rings is 1. The molecule has 0 radical (unpaired) electrons. The van der Waals surface area contributed by atoms with Crippen molar-refractivity contribution in [3.8, 4) is 11.1 Å². The molecule has 6 heteroatoms. The van der Waals surface area contributed by atoms with Crippen LogP contribution in [0.5, 0.6) is 0 Å². The summed E-state index contributed by atoms with van der Waals surface area (Å²) in [6.07, 6.45) is 1.23. The summed E-state index contributed by atoms with van der Waals surface area (Å²) in [5.74, 6) is 0.0700. The highest BCUT2D eigenvalue weighted by Crippen LogP contribution is 2.32. The van der Waals surface area contributed by atoms with Crippen molar-refractivity contribution >= 4 is 17.7 Å². The summed E-state index contributed by atoms with van der Waals surface area (Å²) in [5, 5.41) is 0. The summed E-state index contributed by atoms with van der Waals surface area (Å²) in [7, 11) is 0. The fraction of sp³-hybridized carbons (Fsp3) is 0.400. The van der Waals surface area contributed by atoms with Gasteiger partial charge in [0.15, 0.2) is 5.69 Å². The van der Waals surface area contributed by atoms with E-state index in [1.165, 1.54) is 0 Å². The monoisotopic (exact) mass is 417 g/mol. The number of hydrogen-bond donors (Lipinski definition) is 0. The zero-order valence-electron chi connectivity index (χ0n) is 18.2. The molecule has 0 atom stereocenters. The lowest BCUT2D eigenvalue weighted by atomic mass is 10.0. The number of nitrogens with zero attached hydrogens (tertiary/aromatic N) is 3. The molecule has 2 heterocycles. The first kappa shape index (κ1) is 20.9. The lowest BCUT2D eigenvalue weighted by molar-refractivity contribution is 0.0148. The molecule has 2 aromatic rings. The van der Waals surface area contributed by atoms with Crippen LogP contribution in [0.4, 0.5) is 10.5 Å². The molecule has 31 heavy (non-hydrogen) atoms. The normalized spacial score (nSPS) is 16.8. The topological polar surface area (TPSA) is 54.2 Å². The highest BCUT2D eigenvalue weighted by atomic mass is 16.6. The van der Waals surface area contributed by atoms with Gasteiger partial charge in [0.05, 0.1) is 6.57 Å². The maximum atomic E-state index is 13.0. The van der Waals surface area contributed by atoms with Crippen LogP contribution in [0.25, 0.3) is 16.0 Å². The van der Waals surface area contributed by atoms with Gasteiger partial charge in [-0.15, -0.1) is 0 Å². The molecule has 2 aliphatic heterocycles. The molecule has 0 saturated carbocycles. The van der Waals surface area contributed by atoms with Crippen LogP contribution in [0.15, 0.2) is 42.5 Å². The molecule has 6 nitrogen and oxygen atoms in total. The summed E-state index contributed by atoms with van der Waals surface area (Å²) in [5.41, 5.74) is 3.98. The van der Waals surface area contributed by atoms with Gasteiger partial charge in [-0.25, -0.2) is 9.64 Å². The van der Waals surface area contributed by atoms with Gasteiger partial charge < -0.3 is 14.5 Å². The van der Waals surface area contributed by atoms with Crippen molar-refractivity contribution in [2.45, 2.75) is 51.8 Å². The number of benzene rings is 2. The molecular formula is C25H27N3O3. The van der Waals surface area contributed by atoms with Crippen LogP contribution in [0.2, 0.25) is 0 Å². The minimum Gasteiger partial charge on any atom is -0.444 e. The van der Waals surface area contributed by atoms with Crippen molar-refractivity contribution in [3.05, 3.63) is 65.0 Å². The second kappa shape index (κ2) is 8.07. The molecule has 2 amide bonds. The van der Waals surface area contributed by atoms with Gasteiger partial charge in [0.2, 0.25) is 0 Å². The van der Waals surface area contributed by atoms with E-state index in [0.29, 0.717) is 25.3 Å². The maximum absolute atomic E-state index is 13.0. The van der Waals surface area contributed by atoms with Gasteiger partial charge in [0.25, 0.3) is 5.91 Å². The SMILES string of the molecule is [C-]#[N+]c1ccc(-c2ccc3c(c2)CN(C2CCN(C(=O)OC(C)(C)C)CC2)C3=O)cc1. The van der Waals surface area contributed by atoms with Crippen molar-refractivity contribution in [2.75, 3.05) is 13.1 Å². The Morgan fingerprint density at radius 3 is 2.32 bits per heavy atom. The Morgan fingerprint density at radius 2 is 1.71 bits per heavy atom. The third-order valence-electron chi connectivity index (χ3n) is 5.82. The van der Waals surface area contributed by atoms with Crippen molar-refractivity contribution in [2.24, 2.45) is 0 Å². The van der Waals surface area contributed by atoms with Crippen LogP contribution in [0.1, 0.15) is 49.5 Å². The average Bonchev–Trinajstić information content (AvgIpc) is 3.08. The third kappa shape index (κ3) is 4.41. The van der Waals surface area contributed by atoms with E-state index in [2.05, 4.69) is 10.9 Å². The molecule has 2 aromatic carbocycles. The molecule has 0 aromatic heterocycles. The molecule has 0 N–H and O–H groups in total. The molecule has 1 saturated heterocycles. The first-order valence-corrected chi connectivity index (χ1v) is 10.6. The third-order valence-corrected chi connectivity index (χ3v) is 5.82.